The standard InChI is InChI=1S/C6H8N2O2.H2/c1-4-3-5(8-10-4)6(9)7-2;/h3H,1-2H3,(H,7,9);1H. The minimum absolute atomic E-state index is 0. The molecule has 0 aliphatic heterocycles. The van der Waals surface area contributed by atoms with E-state index >= 15 is 0 Å². The number of carbonyl (C=O) groups is 1. The van der Waals surface area contributed by atoms with Gasteiger partial charge in [-0.25, -0.2) is 0 Å². The molecule has 1 heterocycles. The fourth-order valence-corrected chi connectivity index (χ4v) is 0.601. The minimum Gasteiger partial charge on any atom is -0.361 e. The Morgan fingerprint density at radius 3 is 3.00 bits per heavy atom. The van der Waals surface area contributed by atoms with Crippen LogP contribution in [-0.2, 0) is 0 Å². The zero-order chi connectivity index (χ0) is 7.56. The first-order valence-corrected chi connectivity index (χ1v) is 2.89. The fraction of sp³-hybridized carbons (Fsp3) is 0.333. The lowest BCUT2D eigenvalue weighted by atomic mass is 10.4. The topological polar surface area (TPSA) is 55.1 Å². The average molecular weight is 142 g/mol. The molecule has 0 saturated carbocycles. The number of aromatic nitrogens is 1. The summed E-state index contributed by atoms with van der Waals surface area (Å²) in [6, 6.07) is 1.58. The summed E-state index contributed by atoms with van der Waals surface area (Å²) in [5.41, 5.74) is 0.319. The van der Waals surface area contributed by atoms with Gasteiger partial charge in [-0.3, -0.25) is 4.79 Å². The smallest absolute Gasteiger partial charge is 0.273 e. The zero-order valence-electron chi connectivity index (χ0n) is 5.84. The van der Waals surface area contributed by atoms with Crippen molar-refractivity contribution in [2.45, 2.75) is 6.92 Å². The molecule has 0 aliphatic carbocycles. The van der Waals surface area contributed by atoms with Crippen LogP contribution < -0.4 is 5.32 Å². The van der Waals surface area contributed by atoms with E-state index < -0.39 is 0 Å². The van der Waals surface area contributed by atoms with Crippen LogP contribution in [0.15, 0.2) is 10.6 Å². The van der Waals surface area contributed by atoms with Gasteiger partial charge in [0, 0.05) is 14.5 Å². The van der Waals surface area contributed by atoms with E-state index in [1.807, 2.05) is 0 Å². The molecule has 1 N–H and O–H groups in total. The van der Waals surface area contributed by atoms with Crippen molar-refractivity contribution in [3.63, 3.8) is 0 Å². The quantitative estimate of drug-likeness (QED) is 0.624. The van der Waals surface area contributed by atoms with E-state index in [0.29, 0.717) is 11.5 Å². The van der Waals surface area contributed by atoms with Crippen molar-refractivity contribution >= 4 is 5.91 Å². The van der Waals surface area contributed by atoms with Gasteiger partial charge >= 0.3 is 0 Å². The van der Waals surface area contributed by atoms with Crippen LogP contribution in [0, 0.1) is 6.92 Å². The second kappa shape index (κ2) is 2.51. The van der Waals surface area contributed by atoms with E-state index in [1.54, 1.807) is 20.0 Å². The highest BCUT2D eigenvalue weighted by molar-refractivity contribution is 5.91. The molecule has 4 heteroatoms. The first-order chi connectivity index (χ1) is 4.74. The average Bonchev–Trinajstić information content (AvgIpc) is 2.34. The molecular formula is C6H10N2O2. The van der Waals surface area contributed by atoms with Crippen LogP contribution in [0.4, 0.5) is 0 Å². The number of hydrogen-bond donors (Lipinski definition) is 1. The summed E-state index contributed by atoms with van der Waals surface area (Å²) in [6.07, 6.45) is 0. The van der Waals surface area contributed by atoms with Crippen molar-refractivity contribution in [2.75, 3.05) is 7.05 Å². The molecule has 0 spiro atoms. The molecule has 10 heavy (non-hydrogen) atoms. The van der Waals surface area contributed by atoms with E-state index in [4.69, 9.17) is 0 Å². The molecule has 1 aromatic heterocycles. The highest BCUT2D eigenvalue weighted by Gasteiger charge is 2.06. The lowest BCUT2D eigenvalue weighted by molar-refractivity contribution is 0.0954. The van der Waals surface area contributed by atoms with Gasteiger partial charge in [0.05, 0.1) is 0 Å². The van der Waals surface area contributed by atoms with Crippen LogP contribution in [0.2, 0.25) is 0 Å². The van der Waals surface area contributed by atoms with Gasteiger partial charge in [-0.2, -0.15) is 0 Å². The van der Waals surface area contributed by atoms with E-state index in [0.717, 1.165) is 0 Å². The summed E-state index contributed by atoms with van der Waals surface area (Å²) in [7, 11) is 1.55. The summed E-state index contributed by atoms with van der Waals surface area (Å²) in [6.45, 7) is 1.74. The number of aryl methyl sites for hydroxylation is 1. The molecule has 0 bridgehead atoms. The molecule has 4 nitrogen and oxygen atoms in total. The van der Waals surface area contributed by atoms with E-state index in [1.165, 1.54) is 0 Å². The normalized spacial score (nSPS) is 9.40. The van der Waals surface area contributed by atoms with Crippen LogP contribution in [-0.4, -0.2) is 18.1 Å². The summed E-state index contributed by atoms with van der Waals surface area (Å²) in [4.78, 5) is 10.8. The van der Waals surface area contributed by atoms with Crippen molar-refractivity contribution in [1.82, 2.24) is 10.5 Å². The van der Waals surface area contributed by atoms with Gasteiger partial charge in [0.15, 0.2) is 5.69 Å². The summed E-state index contributed by atoms with van der Waals surface area (Å²) in [5, 5.41) is 5.93. The molecule has 0 saturated heterocycles. The van der Waals surface area contributed by atoms with Crippen LogP contribution in [0.5, 0.6) is 0 Å². The zero-order valence-corrected chi connectivity index (χ0v) is 5.84. The maximum absolute atomic E-state index is 10.8. The Morgan fingerprint density at radius 1 is 1.90 bits per heavy atom. The SMILES string of the molecule is CNC(=O)c1cc(C)on1.[HH]. The van der Waals surface area contributed by atoms with Crippen molar-refractivity contribution in [3.05, 3.63) is 17.5 Å². The van der Waals surface area contributed by atoms with Gasteiger partial charge in [-0.05, 0) is 6.92 Å². The molecule has 1 amide bonds. The Morgan fingerprint density at radius 2 is 2.60 bits per heavy atom. The Balaban J connectivity index is 0.000001000. The number of nitrogens with zero attached hydrogens (tertiary/aromatic N) is 1. The maximum atomic E-state index is 10.8. The minimum atomic E-state index is -0.225. The molecular weight excluding hydrogens is 132 g/mol. The van der Waals surface area contributed by atoms with Gasteiger partial charge in [0.1, 0.15) is 5.76 Å². The first kappa shape index (κ1) is 6.80. The van der Waals surface area contributed by atoms with Gasteiger partial charge in [-0.1, -0.05) is 5.16 Å². The molecule has 0 aliphatic rings. The molecule has 0 radical (unpaired) electrons. The fourth-order valence-electron chi connectivity index (χ4n) is 0.601. The second-order valence-electron chi connectivity index (χ2n) is 1.90. The number of nitrogens with one attached hydrogen (secondary N) is 1. The summed E-state index contributed by atoms with van der Waals surface area (Å²) in [5.74, 6) is 0.412. The number of carbonyl (C=O) groups excluding carboxylic acids is 1. The molecule has 56 valence electrons. The van der Waals surface area contributed by atoms with Crippen LogP contribution in [0.3, 0.4) is 0 Å². The van der Waals surface area contributed by atoms with E-state index in [9.17, 15) is 4.79 Å². The summed E-state index contributed by atoms with van der Waals surface area (Å²) >= 11 is 0. The van der Waals surface area contributed by atoms with Gasteiger partial charge in [0.2, 0.25) is 0 Å². The van der Waals surface area contributed by atoms with Crippen LogP contribution in [0.1, 0.15) is 17.7 Å². The van der Waals surface area contributed by atoms with Gasteiger partial charge in [0.25, 0.3) is 5.91 Å². The highest BCUT2D eigenvalue weighted by atomic mass is 16.5. The molecule has 0 aromatic carbocycles. The number of amides is 1. The third-order valence-electron chi connectivity index (χ3n) is 1.09. The Bertz CT molecular complexity index is 246. The summed E-state index contributed by atoms with van der Waals surface area (Å²) < 4.78 is 4.68. The first-order valence-electron chi connectivity index (χ1n) is 2.89. The van der Waals surface area contributed by atoms with Gasteiger partial charge in [-0.15, -0.1) is 0 Å². The van der Waals surface area contributed by atoms with Crippen molar-refractivity contribution < 1.29 is 10.7 Å². The Labute approximate surface area is 59.7 Å². The van der Waals surface area contributed by atoms with Gasteiger partial charge < -0.3 is 9.84 Å². The molecule has 0 unspecified atom stereocenters. The maximum Gasteiger partial charge on any atom is 0.273 e. The highest BCUT2D eigenvalue weighted by Crippen LogP contribution is 1.99. The van der Waals surface area contributed by atoms with E-state index in [-0.39, 0.29) is 7.33 Å². The third kappa shape index (κ3) is 1.15. The molecule has 0 fully saturated rings. The largest absolute Gasteiger partial charge is 0.361 e. The van der Waals surface area contributed by atoms with Crippen molar-refractivity contribution in [2.24, 2.45) is 0 Å². The monoisotopic (exact) mass is 142 g/mol. The van der Waals surface area contributed by atoms with Crippen LogP contribution in [0.25, 0.3) is 0 Å². The third-order valence-corrected chi connectivity index (χ3v) is 1.09. The van der Waals surface area contributed by atoms with Crippen molar-refractivity contribution in [1.29, 1.82) is 0 Å². The Hall–Kier alpha value is -1.32. The molecule has 0 atom stereocenters. The number of rotatable bonds is 1. The second-order valence-corrected chi connectivity index (χ2v) is 1.90. The predicted molar refractivity (Wildman–Crippen MR) is 36.7 cm³/mol. The van der Waals surface area contributed by atoms with E-state index in [2.05, 4.69) is 15.0 Å². The Kier molecular flexibility index (Phi) is 1.71. The lowest BCUT2D eigenvalue weighted by Crippen LogP contribution is -2.17. The van der Waals surface area contributed by atoms with Crippen LogP contribution >= 0.6 is 0 Å². The van der Waals surface area contributed by atoms with Crippen molar-refractivity contribution in [3.8, 4) is 0 Å². The number of hydrogen-bond acceptors (Lipinski definition) is 3. The molecule has 1 rings (SSSR count). The molecule has 1 aromatic rings. The lowest BCUT2D eigenvalue weighted by Gasteiger charge is -1.88. The predicted octanol–water partition coefficient (Wildman–Crippen LogP) is 0.589.